The lowest BCUT2D eigenvalue weighted by molar-refractivity contribution is 0.0150. The Bertz CT molecular complexity index is 799. The van der Waals surface area contributed by atoms with E-state index in [-0.39, 0.29) is 24.0 Å². The van der Waals surface area contributed by atoms with Gasteiger partial charge in [0, 0.05) is 39.0 Å². The zero-order valence-electron chi connectivity index (χ0n) is 17.4. The van der Waals surface area contributed by atoms with Crippen LogP contribution in [0, 0.1) is 5.92 Å². The summed E-state index contributed by atoms with van der Waals surface area (Å²) in [5.41, 5.74) is 0.634. The van der Waals surface area contributed by atoms with E-state index in [0.717, 1.165) is 12.8 Å². The number of likely N-dealkylation sites (N-methyl/N-ethyl adjacent to an activating group) is 2. The van der Waals surface area contributed by atoms with Gasteiger partial charge >= 0.3 is 0 Å². The van der Waals surface area contributed by atoms with E-state index in [9.17, 15) is 13.2 Å². The minimum Gasteiger partial charge on any atom is -0.491 e. The van der Waals surface area contributed by atoms with Crippen molar-refractivity contribution >= 4 is 21.6 Å². The number of carbonyl (C=O) groups is 1. The van der Waals surface area contributed by atoms with E-state index in [4.69, 9.17) is 9.47 Å². The standard InChI is InChI=1S/C19H31N3O5S/c1-13-10-21(3)14(2)12-27-17-8-7-15(20-28(6,24)25)9-16(17)19(23)22(4)11-18(13)26-5/h7-9,13-14,18,20H,10-12H2,1-6H3/t13-,14+,18+/m1/s1. The number of ether oxygens (including phenoxy) is 2. The Kier molecular flexibility index (Phi) is 7.30. The first-order valence-corrected chi connectivity index (χ1v) is 11.1. The Labute approximate surface area is 167 Å². The quantitative estimate of drug-likeness (QED) is 0.808. The van der Waals surface area contributed by atoms with Crippen molar-refractivity contribution in [1.29, 1.82) is 0 Å². The minimum atomic E-state index is -3.45. The molecular weight excluding hydrogens is 382 g/mol. The molecule has 28 heavy (non-hydrogen) atoms. The fraction of sp³-hybridized carbons (Fsp3) is 0.632. The van der Waals surface area contributed by atoms with Gasteiger partial charge in [0.2, 0.25) is 10.0 Å². The monoisotopic (exact) mass is 413 g/mol. The Morgan fingerprint density at radius 2 is 1.89 bits per heavy atom. The molecule has 0 radical (unpaired) electrons. The maximum absolute atomic E-state index is 13.1. The highest BCUT2D eigenvalue weighted by Gasteiger charge is 2.27. The molecule has 0 bridgehead atoms. The highest BCUT2D eigenvalue weighted by Crippen LogP contribution is 2.26. The molecule has 0 unspecified atom stereocenters. The second kappa shape index (κ2) is 9.11. The highest BCUT2D eigenvalue weighted by atomic mass is 32.2. The number of amides is 1. The molecule has 0 saturated carbocycles. The zero-order chi connectivity index (χ0) is 21.1. The smallest absolute Gasteiger partial charge is 0.257 e. The number of fused-ring (bicyclic) bond motifs is 1. The van der Waals surface area contributed by atoms with Crippen LogP contribution >= 0.6 is 0 Å². The van der Waals surface area contributed by atoms with E-state index < -0.39 is 10.0 Å². The summed E-state index contributed by atoms with van der Waals surface area (Å²) >= 11 is 0. The fourth-order valence-corrected chi connectivity index (χ4v) is 3.79. The molecule has 0 aromatic heterocycles. The molecule has 1 amide bonds. The van der Waals surface area contributed by atoms with Crippen molar-refractivity contribution in [2.45, 2.75) is 26.0 Å². The Morgan fingerprint density at radius 1 is 1.21 bits per heavy atom. The molecule has 0 aliphatic carbocycles. The number of rotatable bonds is 3. The Hall–Kier alpha value is -1.84. The van der Waals surface area contributed by atoms with Crippen molar-refractivity contribution in [1.82, 2.24) is 9.80 Å². The van der Waals surface area contributed by atoms with Crippen molar-refractivity contribution < 1.29 is 22.7 Å². The maximum atomic E-state index is 13.1. The first-order chi connectivity index (χ1) is 13.0. The number of nitrogens with zero attached hydrogens (tertiary/aromatic N) is 2. The van der Waals surface area contributed by atoms with Crippen molar-refractivity contribution in [3.05, 3.63) is 23.8 Å². The molecule has 8 nitrogen and oxygen atoms in total. The van der Waals surface area contributed by atoms with Crippen LogP contribution in [0.3, 0.4) is 0 Å². The van der Waals surface area contributed by atoms with Crippen molar-refractivity contribution in [2.24, 2.45) is 5.92 Å². The predicted octanol–water partition coefficient (Wildman–Crippen LogP) is 1.49. The lowest BCUT2D eigenvalue weighted by Crippen LogP contribution is -2.45. The van der Waals surface area contributed by atoms with Gasteiger partial charge in [0.1, 0.15) is 12.4 Å². The Morgan fingerprint density at radius 3 is 2.50 bits per heavy atom. The van der Waals surface area contributed by atoms with Gasteiger partial charge in [0.25, 0.3) is 5.91 Å². The van der Waals surface area contributed by atoms with Crippen molar-refractivity contribution in [3.8, 4) is 5.75 Å². The molecule has 0 fully saturated rings. The second-order valence-corrected chi connectivity index (χ2v) is 9.37. The molecule has 1 aliphatic heterocycles. The van der Waals surface area contributed by atoms with Crippen LogP contribution in [0.25, 0.3) is 0 Å². The number of hydrogen-bond donors (Lipinski definition) is 1. The van der Waals surface area contributed by atoms with Gasteiger partial charge in [0.05, 0.1) is 17.9 Å². The molecule has 0 spiro atoms. The third-order valence-electron chi connectivity index (χ3n) is 5.06. The van der Waals surface area contributed by atoms with Gasteiger partial charge in [-0.15, -0.1) is 0 Å². The number of nitrogens with one attached hydrogen (secondary N) is 1. The second-order valence-electron chi connectivity index (χ2n) is 7.62. The van der Waals surface area contributed by atoms with Crippen LogP contribution in [0.4, 0.5) is 5.69 Å². The summed E-state index contributed by atoms with van der Waals surface area (Å²) in [7, 11) is 1.95. The largest absolute Gasteiger partial charge is 0.491 e. The molecular formula is C19H31N3O5S. The third kappa shape index (κ3) is 5.83. The van der Waals surface area contributed by atoms with Gasteiger partial charge in [-0.25, -0.2) is 8.42 Å². The van der Waals surface area contributed by atoms with Gasteiger partial charge in [0.15, 0.2) is 0 Å². The lowest BCUT2D eigenvalue weighted by Gasteiger charge is -2.34. The van der Waals surface area contributed by atoms with Gasteiger partial charge in [-0.1, -0.05) is 6.92 Å². The summed E-state index contributed by atoms with van der Waals surface area (Å²) in [6.45, 7) is 5.80. The summed E-state index contributed by atoms with van der Waals surface area (Å²) in [6, 6.07) is 4.87. The SMILES string of the molecule is CO[C@H]1CN(C)C(=O)c2cc(NS(C)(=O)=O)ccc2OC[C@H](C)N(C)C[C@H]1C. The van der Waals surface area contributed by atoms with Crippen molar-refractivity contribution in [2.75, 3.05) is 51.9 Å². The molecule has 2 rings (SSSR count). The van der Waals surface area contributed by atoms with Gasteiger partial charge in [-0.3, -0.25) is 14.4 Å². The predicted molar refractivity (Wildman–Crippen MR) is 109 cm³/mol. The van der Waals surface area contributed by atoms with E-state index >= 15 is 0 Å². The molecule has 1 aromatic rings. The fourth-order valence-electron chi connectivity index (χ4n) is 3.24. The molecule has 3 atom stereocenters. The molecule has 158 valence electrons. The number of methoxy groups -OCH3 is 1. The number of anilines is 1. The Balaban J connectivity index is 2.43. The van der Waals surface area contributed by atoms with Crippen LogP contribution in [0.1, 0.15) is 24.2 Å². The van der Waals surface area contributed by atoms with E-state index in [1.165, 1.54) is 6.07 Å². The highest BCUT2D eigenvalue weighted by molar-refractivity contribution is 7.92. The lowest BCUT2D eigenvalue weighted by atomic mass is 10.0. The summed E-state index contributed by atoms with van der Waals surface area (Å²) < 4.78 is 37.1. The maximum Gasteiger partial charge on any atom is 0.257 e. The number of benzene rings is 1. The van der Waals surface area contributed by atoms with Crippen LogP contribution in [-0.2, 0) is 14.8 Å². The van der Waals surface area contributed by atoms with Gasteiger partial charge in [-0.2, -0.15) is 0 Å². The van der Waals surface area contributed by atoms with Crippen LogP contribution in [0.15, 0.2) is 18.2 Å². The van der Waals surface area contributed by atoms with Gasteiger partial charge < -0.3 is 14.4 Å². The summed E-state index contributed by atoms with van der Waals surface area (Å²) in [5, 5.41) is 0. The topological polar surface area (TPSA) is 88.2 Å². The first kappa shape index (κ1) is 22.4. The van der Waals surface area contributed by atoms with E-state index in [1.807, 2.05) is 7.05 Å². The average molecular weight is 414 g/mol. The normalized spacial score (nSPS) is 25.3. The average Bonchev–Trinajstić information content (AvgIpc) is 2.61. The van der Waals surface area contributed by atoms with Crippen LogP contribution in [0.5, 0.6) is 5.75 Å². The van der Waals surface area contributed by atoms with E-state index in [1.54, 1.807) is 31.2 Å². The number of sulfonamides is 1. The summed E-state index contributed by atoms with van der Waals surface area (Å²) in [4.78, 5) is 16.9. The zero-order valence-corrected chi connectivity index (χ0v) is 18.2. The minimum absolute atomic E-state index is 0.121. The first-order valence-electron chi connectivity index (χ1n) is 9.25. The van der Waals surface area contributed by atoms with Crippen molar-refractivity contribution in [3.63, 3.8) is 0 Å². The van der Waals surface area contributed by atoms with Crippen LogP contribution in [0.2, 0.25) is 0 Å². The molecule has 0 saturated heterocycles. The summed E-state index contributed by atoms with van der Waals surface area (Å²) in [6.07, 6.45) is 0.948. The summed E-state index contributed by atoms with van der Waals surface area (Å²) in [5.74, 6) is 0.395. The molecule has 1 aromatic carbocycles. The van der Waals surface area contributed by atoms with Crippen LogP contribution < -0.4 is 9.46 Å². The molecule has 1 aliphatic rings. The molecule has 9 heteroatoms. The molecule has 1 N–H and O–H groups in total. The van der Waals surface area contributed by atoms with Gasteiger partial charge in [-0.05, 0) is 38.1 Å². The number of carbonyl (C=O) groups excluding carboxylic acids is 1. The van der Waals surface area contributed by atoms with E-state index in [0.29, 0.717) is 30.2 Å². The van der Waals surface area contributed by atoms with Crippen LogP contribution in [-0.4, -0.2) is 83.4 Å². The van der Waals surface area contributed by atoms with E-state index in [2.05, 4.69) is 23.5 Å². The number of hydrogen-bond acceptors (Lipinski definition) is 6. The third-order valence-corrected chi connectivity index (χ3v) is 5.67. The molecule has 1 heterocycles.